The van der Waals surface area contributed by atoms with Gasteiger partial charge in [-0.3, -0.25) is 4.79 Å². The van der Waals surface area contributed by atoms with Crippen LogP contribution in [-0.4, -0.2) is 57.4 Å². The molecule has 1 amide bonds. The molecule has 0 bridgehead atoms. The van der Waals surface area contributed by atoms with Crippen molar-refractivity contribution in [1.29, 1.82) is 0 Å². The fourth-order valence-corrected chi connectivity index (χ4v) is 4.41. The van der Waals surface area contributed by atoms with Gasteiger partial charge in [0.15, 0.2) is 9.84 Å². The molecular formula is C14H29ClN2O3S. The van der Waals surface area contributed by atoms with Crippen LogP contribution in [-0.2, 0) is 14.6 Å². The van der Waals surface area contributed by atoms with Crippen molar-refractivity contribution in [1.82, 2.24) is 10.2 Å². The summed E-state index contributed by atoms with van der Waals surface area (Å²) in [5.74, 6) is 0.744. The number of hydrogen-bond acceptors (Lipinski definition) is 4. The van der Waals surface area contributed by atoms with E-state index in [1.165, 1.54) is 0 Å². The Kier molecular flexibility index (Phi) is 9.49. The minimum absolute atomic E-state index is 0. The molecule has 1 heterocycles. The highest BCUT2D eigenvalue weighted by Gasteiger charge is 2.24. The summed E-state index contributed by atoms with van der Waals surface area (Å²) in [7, 11) is -1.18. The van der Waals surface area contributed by atoms with Gasteiger partial charge in [0.05, 0.1) is 11.5 Å². The van der Waals surface area contributed by atoms with Crippen LogP contribution in [0, 0.1) is 11.8 Å². The molecule has 1 aliphatic rings. The molecule has 1 atom stereocenters. The first kappa shape index (κ1) is 20.7. The lowest BCUT2D eigenvalue weighted by Gasteiger charge is -2.32. The number of carbonyl (C=O) groups is 1. The molecule has 21 heavy (non-hydrogen) atoms. The van der Waals surface area contributed by atoms with E-state index in [1.807, 2.05) is 25.8 Å². The van der Waals surface area contributed by atoms with Gasteiger partial charge in [0.1, 0.15) is 0 Å². The molecule has 0 aromatic carbocycles. The average molecular weight is 341 g/mol. The zero-order valence-electron chi connectivity index (χ0n) is 13.3. The molecule has 1 N–H and O–H groups in total. The number of likely N-dealkylation sites (tertiary alicyclic amines) is 1. The van der Waals surface area contributed by atoms with E-state index < -0.39 is 9.84 Å². The highest BCUT2D eigenvalue weighted by Crippen LogP contribution is 2.16. The summed E-state index contributed by atoms with van der Waals surface area (Å²) in [6, 6.07) is 0. The van der Waals surface area contributed by atoms with E-state index in [0.29, 0.717) is 5.92 Å². The van der Waals surface area contributed by atoms with Crippen LogP contribution >= 0.6 is 12.4 Å². The third kappa shape index (κ3) is 8.02. The van der Waals surface area contributed by atoms with Crippen LogP contribution in [0.15, 0.2) is 0 Å². The van der Waals surface area contributed by atoms with Crippen LogP contribution in [0.4, 0.5) is 0 Å². The Morgan fingerprint density at radius 1 is 1.38 bits per heavy atom. The third-order valence-corrected chi connectivity index (χ3v) is 5.58. The molecule has 1 rings (SSSR count). The van der Waals surface area contributed by atoms with Crippen molar-refractivity contribution < 1.29 is 13.2 Å². The quantitative estimate of drug-likeness (QED) is 0.759. The Labute approximate surface area is 135 Å². The topological polar surface area (TPSA) is 66.5 Å². The van der Waals surface area contributed by atoms with Crippen molar-refractivity contribution in [2.45, 2.75) is 33.1 Å². The largest absolute Gasteiger partial charge is 0.342 e. The molecule has 126 valence electrons. The van der Waals surface area contributed by atoms with Gasteiger partial charge in [-0.25, -0.2) is 8.42 Å². The molecule has 0 radical (unpaired) electrons. The number of nitrogens with zero attached hydrogens (tertiary/aromatic N) is 1. The molecule has 0 aromatic rings. The number of nitrogens with one attached hydrogen (secondary N) is 1. The number of sulfone groups is 1. The van der Waals surface area contributed by atoms with Gasteiger partial charge in [0.2, 0.25) is 5.91 Å². The van der Waals surface area contributed by atoms with Gasteiger partial charge in [-0.2, -0.15) is 0 Å². The van der Waals surface area contributed by atoms with Crippen molar-refractivity contribution in [2.24, 2.45) is 11.8 Å². The summed E-state index contributed by atoms with van der Waals surface area (Å²) >= 11 is 0. The maximum atomic E-state index is 12.1. The van der Waals surface area contributed by atoms with Gasteiger partial charge in [0, 0.05) is 19.5 Å². The minimum atomic E-state index is -3.10. The van der Waals surface area contributed by atoms with Gasteiger partial charge in [-0.15, -0.1) is 12.4 Å². The van der Waals surface area contributed by atoms with Crippen LogP contribution in [0.1, 0.15) is 33.1 Å². The van der Waals surface area contributed by atoms with Crippen LogP contribution in [0.5, 0.6) is 0 Å². The number of rotatable bonds is 7. The monoisotopic (exact) mass is 340 g/mol. The molecule has 1 fully saturated rings. The second kappa shape index (κ2) is 9.64. The van der Waals surface area contributed by atoms with E-state index in [2.05, 4.69) is 5.32 Å². The molecule has 0 spiro atoms. The molecule has 0 saturated carbocycles. The summed E-state index contributed by atoms with van der Waals surface area (Å²) in [4.78, 5) is 14.0. The van der Waals surface area contributed by atoms with Crippen molar-refractivity contribution in [3.8, 4) is 0 Å². The van der Waals surface area contributed by atoms with Gasteiger partial charge >= 0.3 is 0 Å². The lowest BCUT2D eigenvalue weighted by molar-refractivity contribution is -0.132. The lowest BCUT2D eigenvalue weighted by atomic mass is 9.98. The number of hydrogen-bond donors (Lipinski definition) is 1. The molecule has 1 unspecified atom stereocenters. The second-order valence-corrected chi connectivity index (χ2v) is 8.39. The molecule has 0 aliphatic carbocycles. The lowest BCUT2D eigenvalue weighted by Crippen LogP contribution is -2.43. The normalized spacial score (nSPS) is 19.4. The molecular weight excluding hydrogens is 312 g/mol. The van der Waals surface area contributed by atoms with E-state index in [9.17, 15) is 13.2 Å². The molecule has 1 saturated heterocycles. The summed E-state index contributed by atoms with van der Waals surface area (Å²) in [5.41, 5.74) is 0. The maximum absolute atomic E-state index is 12.1. The van der Waals surface area contributed by atoms with E-state index in [0.717, 1.165) is 32.5 Å². The highest BCUT2D eigenvalue weighted by atomic mass is 35.5. The Balaban J connectivity index is 0.00000400. The summed E-state index contributed by atoms with van der Waals surface area (Å²) in [6.07, 6.45) is 2.27. The van der Waals surface area contributed by atoms with Crippen LogP contribution in [0.3, 0.4) is 0 Å². The number of halogens is 1. The Morgan fingerprint density at radius 2 is 2.05 bits per heavy atom. The number of carbonyl (C=O) groups excluding carboxylic acids is 1. The Morgan fingerprint density at radius 3 is 2.62 bits per heavy atom. The van der Waals surface area contributed by atoms with Crippen LogP contribution in [0.25, 0.3) is 0 Å². The summed E-state index contributed by atoms with van der Waals surface area (Å²) < 4.78 is 23.6. The summed E-state index contributed by atoms with van der Waals surface area (Å²) in [6.45, 7) is 6.20. The van der Waals surface area contributed by atoms with E-state index >= 15 is 0 Å². The standard InChI is InChI=1S/C14H28N2O3S.ClH/c1-12(2)11-20(18,19)8-6-14(17)16-7-4-5-13(10-16)9-15-3;/h12-13,15H,4-11H2,1-3H3;1H. The first-order valence-electron chi connectivity index (χ1n) is 7.47. The number of piperidine rings is 1. The number of amides is 1. The van der Waals surface area contributed by atoms with Crippen LogP contribution in [0.2, 0.25) is 0 Å². The Bertz CT molecular complexity index is 410. The smallest absolute Gasteiger partial charge is 0.223 e. The fourth-order valence-electron chi connectivity index (χ4n) is 2.74. The second-order valence-electron chi connectivity index (χ2n) is 6.16. The Hall–Kier alpha value is -0.330. The fraction of sp³-hybridized carbons (Fsp3) is 0.929. The maximum Gasteiger partial charge on any atom is 0.223 e. The van der Waals surface area contributed by atoms with Crippen molar-refractivity contribution in [3.05, 3.63) is 0 Å². The zero-order valence-corrected chi connectivity index (χ0v) is 14.9. The van der Waals surface area contributed by atoms with Gasteiger partial charge in [-0.05, 0) is 38.3 Å². The first-order chi connectivity index (χ1) is 9.34. The molecule has 1 aliphatic heterocycles. The van der Waals surface area contributed by atoms with Crippen LogP contribution < -0.4 is 5.32 Å². The van der Waals surface area contributed by atoms with E-state index in [1.54, 1.807) is 0 Å². The molecule has 5 nitrogen and oxygen atoms in total. The van der Waals surface area contributed by atoms with Gasteiger partial charge in [-0.1, -0.05) is 13.8 Å². The minimum Gasteiger partial charge on any atom is -0.342 e. The van der Waals surface area contributed by atoms with Gasteiger partial charge < -0.3 is 10.2 Å². The summed E-state index contributed by atoms with van der Waals surface area (Å²) in [5, 5.41) is 3.14. The highest BCUT2D eigenvalue weighted by molar-refractivity contribution is 7.91. The zero-order chi connectivity index (χ0) is 15.2. The third-order valence-electron chi connectivity index (χ3n) is 3.58. The predicted molar refractivity (Wildman–Crippen MR) is 88.6 cm³/mol. The van der Waals surface area contributed by atoms with Crippen molar-refractivity contribution in [3.63, 3.8) is 0 Å². The van der Waals surface area contributed by atoms with Gasteiger partial charge in [0.25, 0.3) is 0 Å². The van der Waals surface area contributed by atoms with E-state index in [4.69, 9.17) is 0 Å². The average Bonchev–Trinajstić information content (AvgIpc) is 2.35. The SMILES string of the molecule is CNCC1CCCN(C(=O)CCS(=O)(=O)CC(C)C)C1.Cl. The van der Waals surface area contributed by atoms with E-state index in [-0.39, 0.29) is 42.2 Å². The predicted octanol–water partition coefficient (Wildman–Crippen LogP) is 1.33. The van der Waals surface area contributed by atoms with Crippen molar-refractivity contribution >= 4 is 28.2 Å². The molecule has 7 heteroatoms. The first-order valence-corrected chi connectivity index (χ1v) is 9.29. The molecule has 0 aromatic heterocycles. The van der Waals surface area contributed by atoms with Crippen molar-refractivity contribution in [2.75, 3.05) is 38.2 Å².